The maximum Gasteiger partial charge on any atom is 2.00 e. The number of hydrogen-bond acceptors (Lipinski definition) is 0. The first-order valence-electron chi connectivity index (χ1n) is 6.25. The summed E-state index contributed by atoms with van der Waals surface area (Å²) >= 11 is 19.9. The van der Waals surface area contributed by atoms with Gasteiger partial charge in [-0.15, -0.1) is 70.6 Å². The predicted octanol–water partition coefficient (Wildman–Crippen LogP) is 4.19. The third-order valence-electron chi connectivity index (χ3n) is 2.31. The maximum absolute atomic E-state index is 4.97. The fourth-order valence-electron chi connectivity index (χ4n) is 1.72. The van der Waals surface area contributed by atoms with Gasteiger partial charge in [0.25, 0.3) is 0 Å². The van der Waals surface area contributed by atoms with Gasteiger partial charge in [0.05, 0.1) is 8.07 Å². The van der Waals surface area contributed by atoms with Gasteiger partial charge in [-0.25, -0.2) is 19.6 Å². The van der Waals surface area contributed by atoms with Crippen molar-refractivity contribution in [1.29, 1.82) is 0 Å². The van der Waals surface area contributed by atoms with Crippen molar-refractivity contribution < 1.29 is 12.4 Å². The fraction of sp³-hybridized carbons (Fsp3) is 0.267. The molecule has 0 saturated heterocycles. The van der Waals surface area contributed by atoms with Crippen LogP contribution in [0.4, 0.5) is 0 Å². The van der Waals surface area contributed by atoms with Crippen LogP contribution in [0.3, 0.4) is 0 Å². The molecule has 0 rings (SSSR count). The van der Waals surface area contributed by atoms with Crippen LogP contribution in [0.2, 0.25) is 24.2 Å². The number of hydrogen-bond donors (Lipinski definition) is 0. The van der Waals surface area contributed by atoms with Crippen molar-refractivity contribution in [1.82, 2.24) is 0 Å². The Kier molecular flexibility index (Phi) is 35.7. The van der Waals surface area contributed by atoms with Gasteiger partial charge in [0.2, 0.25) is 0 Å². The molecular weight excluding hydrogens is 438 g/mol. The smallest absolute Gasteiger partial charge is 1.00 e. The van der Waals surface area contributed by atoms with Crippen LogP contribution < -0.4 is 12.4 Å². The number of rotatable bonds is 8. The average Bonchev–Trinajstić information content (AvgIpc) is 2.29. The molecule has 0 aromatic carbocycles. The monoisotopic (exact) mass is 460 g/mol. The zero-order valence-electron chi connectivity index (χ0n) is 13.6. The summed E-state index contributed by atoms with van der Waals surface area (Å²) in [6, 6.07) is 4.54. The standard InChI is InChI=1S/C12H20Si.C3H5.Cl4Si.ClH.Mg/c1-5-9-13(10-6-2,11-7-3)12-8-4;1-3-2;1-5(2,3)4;;/h5-8H,1-4,9-12H2;3H,1-2H2;;1H;/q;-1;;;+2/p-1. The van der Waals surface area contributed by atoms with E-state index >= 15 is 0 Å². The van der Waals surface area contributed by atoms with Crippen molar-refractivity contribution in [2.24, 2.45) is 0 Å². The van der Waals surface area contributed by atoms with E-state index in [1.807, 2.05) is 24.3 Å². The Morgan fingerprint density at radius 2 is 0.826 bits per heavy atom. The molecule has 0 aliphatic heterocycles. The van der Waals surface area contributed by atoms with Crippen LogP contribution in [0.15, 0.2) is 63.3 Å². The second-order valence-corrected chi connectivity index (χ2v) is 20.0. The van der Waals surface area contributed by atoms with Crippen LogP contribution in [-0.4, -0.2) is 36.4 Å². The van der Waals surface area contributed by atoms with E-state index in [9.17, 15) is 0 Å². The van der Waals surface area contributed by atoms with Gasteiger partial charge >= 0.3 is 28.4 Å². The minimum absolute atomic E-state index is 0. The Morgan fingerprint density at radius 3 is 0.913 bits per heavy atom. The zero-order valence-corrected chi connectivity index (χ0v) is 20.7. The van der Waals surface area contributed by atoms with E-state index in [0.29, 0.717) is 0 Å². The summed E-state index contributed by atoms with van der Waals surface area (Å²) in [5, 5.41) is -2.72. The Bertz CT molecular complexity index is 266. The summed E-state index contributed by atoms with van der Waals surface area (Å²) in [5.41, 5.74) is 0. The molecule has 0 heterocycles. The van der Waals surface area contributed by atoms with Crippen molar-refractivity contribution >= 4 is 80.8 Å². The van der Waals surface area contributed by atoms with E-state index in [2.05, 4.69) is 39.8 Å². The van der Waals surface area contributed by atoms with Crippen LogP contribution in [0, 0.1) is 6.92 Å². The molecule has 0 aromatic heterocycles. The molecule has 0 aliphatic rings. The van der Waals surface area contributed by atoms with Gasteiger partial charge in [0.15, 0.2) is 0 Å². The third kappa shape index (κ3) is 35.3. The molecule has 0 fully saturated rings. The summed E-state index contributed by atoms with van der Waals surface area (Å²) in [4.78, 5) is 0. The Labute approximate surface area is 186 Å². The second-order valence-electron chi connectivity index (χ2n) is 4.19. The minimum Gasteiger partial charge on any atom is -1.00 e. The molecule has 0 aliphatic carbocycles. The summed E-state index contributed by atoms with van der Waals surface area (Å²) in [7, 11) is -1.27. The first kappa shape index (κ1) is 35.4. The largest absolute Gasteiger partial charge is 2.00 e. The predicted molar refractivity (Wildman–Crippen MR) is 116 cm³/mol. The quantitative estimate of drug-likeness (QED) is 0.219. The zero-order chi connectivity index (χ0) is 17.4. The first-order valence-corrected chi connectivity index (χ1v) is 15.1. The molecule has 0 unspecified atom stereocenters. The van der Waals surface area contributed by atoms with Gasteiger partial charge in [-0.3, -0.25) is 0 Å². The average molecular weight is 463 g/mol. The molecule has 0 bridgehead atoms. The van der Waals surface area contributed by atoms with E-state index in [4.69, 9.17) is 44.3 Å². The molecule has 0 amide bonds. The molecule has 0 atom stereocenters. The molecule has 0 aromatic rings. The van der Waals surface area contributed by atoms with Gasteiger partial charge in [0.1, 0.15) is 0 Å². The molecule has 130 valence electrons. The van der Waals surface area contributed by atoms with Crippen LogP contribution in [0.1, 0.15) is 0 Å². The van der Waals surface area contributed by atoms with Gasteiger partial charge in [-0.05, 0) is 24.2 Å². The fourth-order valence-corrected chi connectivity index (χ4v) is 5.17. The van der Waals surface area contributed by atoms with E-state index in [1.165, 1.54) is 6.08 Å². The SMILES string of the molecule is C=CC[Si](CC=C)(CC=C)CC=C.C=C[CH2-].Cl[Si](Cl)(Cl)Cl.[Cl-].[Mg+2]. The topological polar surface area (TPSA) is 0 Å². The van der Waals surface area contributed by atoms with Crippen molar-refractivity contribution in [3.8, 4) is 0 Å². The normalized spacial score (nSPS) is 9.04. The van der Waals surface area contributed by atoms with Crippen molar-refractivity contribution in [3.63, 3.8) is 0 Å². The van der Waals surface area contributed by atoms with Crippen LogP contribution >= 0.6 is 44.3 Å². The van der Waals surface area contributed by atoms with Gasteiger partial charge in [0, 0.05) is 0 Å². The summed E-state index contributed by atoms with van der Waals surface area (Å²) in [6.07, 6.45) is 9.62. The van der Waals surface area contributed by atoms with E-state index in [1.54, 1.807) is 0 Å². The van der Waals surface area contributed by atoms with Gasteiger partial charge in [-0.1, -0.05) is 24.3 Å². The molecule has 0 radical (unpaired) electrons. The van der Waals surface area contributed by atoms with Crippen molar-refractivity contribution in [3.05, 3.63) is 70.2 Å². The molecule has 0 N–H and O–H groups in total. The third-order valence-corrected chi connectivity index (χ3v) is 6.93. The second kappa shape index (κ2) is 23.2. The summed E-state index contributed by atoms with van der Waals surface area (Å²) < 4.78 is 0. The van der Waals surface area contributed by atoms with Crippen LogP contribution in [0.5, 0.6) is 0 Å². The minimum atomic E-state index is -2.72. The maximum atomic E-state index is 4.97. The Hall–Kier alpha value is 1.22. The number of allylic oxidation sites excluding steroid dienone is 5. The Balaban J connectivity index is -0.0000000913. The molecule has 8 heteroatoms. The van der Waals surface area contributed by atoms with Gasteiger partial charge in [-0.2, -0.15) is 0 Å². The van der Waals surface area contributed by atoms with E-state index in [-0.39, 0.29) is 35.5 Å². The molecule has 0 spiro atoms. The first-order chi connectivity index (χ1) is 9.66. The van der Waals surface area contributed by atoms with Gasteiger partial charge < -0.3 is 12.4 Å². The van der Waals surface area contributed by atoms with Crippen molar-refractivity contribution in [2.75, 3.05) is 0 Å². The Morgan fingerprint density at radius 1 is 0.696 bits per heavy atom. The van der Waals surface area contributed by atoms with Crippen LogP contribution in [0.25, 0.3) is 0 Å². The molecule has 0 saturated carbocycles. The van der Waals surface area contributed by atoms with E-state index < -0.39 is 13.4 Å². The molecular formula is C15H25Cl5MgSi2. The summed E-state index contributed by atoms with van der Waals surface area (Å²) in [6.45, 7) is 21.8. The van der Waals surface area contributed by atoms with E-state index in [0.717, 1.165) is 24.2 Å². The summed E-state index contributed by atoms with van der Waals surface area (Å²) in [5.74, 6) is 0. The van der Waals surface area contributed by atoms with Crippen LogP contribution in [-0.2, 0) is 0 Å². The molecule has 0 nitrogen and oxygen atoms in total. The molecule has 23 heavy (non-hydrogen) atoms. The van der Waals surface area contributed by atoms with Crippen molar-refractivity contribution in [2.45, 2.75) is 24.2 Å². The number of halogens is 5.